The number of carbonyl (C=O) groups excluding carboxylic acids is 5. The highest BCUT2D eigenvalue weighted by atomic mass is 32.2. The van der Waals surface area contributed by atoms with Gasteiger partial charge in [-0.05, 0) is 73.9 Å². The second-order valence-corrected chi connectivity index (χ2v) is 8.98. The molecule has 0 aromatic heterocycles. The molecule has 1 amide bonds. The van der Waals surface area contributed by atoms with Crippen LogP contribution in [0.3, 0.4) is 0 Å². The lowest BCUT2D eigenvalue weighted by Gasteiger charge is -2.32. The van der Waals surface area contributed by atoms with E-state index in [1.54, 1.807) is 6.92 Å². The van der Waals surface area contributed by atoms with Crippen molar-refractivity contribution in [3.8, 4) is 0 Å². The second kappa shape index (κ2) is 18.4. The highest BCUT2D eigenvalue weighted by molar-refractivity contribution is 7.99. The molecule has 0 heterocycles. The lowest BCUT2D eigenvalue weighted by molar-refractivity contribution is -0.193. The Hall–Kier alpha value is -2.98. The molecule has 6 nitrogen and oxygen atoms in total. The van der Waals surface area contributed by atoms with Crippen molar-refractivity contribution in [3.63, 3.8) is 0 Å². The van der Waals surface area contributed by atoms with Crippen molar-refractivity contribution >= 4 is 30.0 Å². The van der Waals surface area contributed by atoms with Crippen LogP contribution in [0.2, 0.25) is 0 Å². The molecule has 184 valence electrons. The molecule has 1 N–H and O–H groups in total. The summed E-state index contributed by atoms with van der Waals surface area (Å²) in [5, 5.41) is 3.18. The van der Waals surface area contributed by atoms with Gasteiger partial charge in [-0.1, -0.05) is 63.2 Å². The van der Waals surface area contributed by atoms with E-state index in [9.17, 15) is 4.79 Å². The average molecular weight is 486 g/mol. The number of unbranched alkanes of at least 4 members (excludes halogenated alkanes) is 1. The van der Waals surface area contributed by atoms with E-state index in [4.69, 9.17) is 19.2 Å². The molecule has 34 heavy (non-hydrogen) atoms. The third kappa shape index (κ3) is 12.9. The summed E-state index contributed by atoms with van der Waals surface area (Å²) < 4.78 is 0. The highest BCUT2D eigenvalue weighted by Gasteiger charge is 2.26. The third-order valence-electron chi connectivity index (χ3n) is 5.59. The van der Waals surface area contributed by atoms with E-state index in [1.165, 1.54) is 40.2 Å². The van der Waals surface area contributed by atoms with Gasteiger partial charge in [0.25, 0.3) is 0 Å². The zero-order valence-electron chi connectivity index (χ0n) is 20.5. The minimum absolute atomic E-state index is 0.0659. The van der Waals surface area contributed by atoms with E-state index in [1.807, 2.05) is 11.8 Å². The van der Waals surface area contributed by atoms with Crippen LogP contribution >= 0.6 is 11.8 Å². The Kier molecular flexibility index (Phi) is 16.8. The van der Waals surface area contributed by atoms with Gasteiger partial charge in [0.05, 0.1) is 0 Å². The fourth-order valence-electron chi connectivity index (χ4n) is 3.57. The van der Waals surface area contributed by atoms with Crippen molar-refractivity contribution in [2.75, 3.05) is 0 Å². The summed E-state index contributed by atoms with van der Waals surface area (Å²) in [6, 6.07) is 17.8. The molecule has 0 unspecified atom stereocenters. The van der Waals surface area contributed by atoms with Crippen LogP contribution < -0.4 is 5.32 Å². The quantitative estimate of drug-likeness (QED) is 0.442. The molecule has 0 spiro atoms. The van der Waals surface area contributed by atoms with Gasteiger partial charge in [0.1, 0.15) is 0 Å². The van der Waals surface area contributed by atoms with Gasteiger partial charge in [-0.25, -0.2) is 0 Å². The number of nitrogens with one attached hydrogen (secondary N) is 1. The summed E-state index contributed by atoms with van der Waals surface area (Å²) in [6.45, 7) is 8.17. The summed E-state index contributed by atoms with van der Waals surface area (Å²) in [7, 11) is 0. The maximum atomic E-state index is 11.6. The molecule has 0 radical (unpaired) electrons. The molecule has 0 saturated heterocycles. The van der Waals surface area contributed by atoms with E-state index in [0.29, 0.717) is 0 Å². The molecule has 2 aromatic rings. The van der Waals surface area contributed by atoms with Gasteiger partial charge in [0, 0.05) is 22.3 Å². The Balaban J connectivity index is 0.00000164. The molecular formula is C27H35NO5S. The zero-order valence-corrected chi connectivity index (χ0v) is 21.3. The fourth-order valence-corrected chi connectivity index (χ4v) is 4.38. The van der Waals surface area contributed by atoms with Crippen molar-refractivity contribution in [3.05, 3.63) is 59.7 Å². The van der Waals surface area contributed by atoms with Crippen LogP contribution in [-0.4, -0.2) is 23.7 Å². The predicted molar refractivity (Wildman–Crippen MR) is 131 cm³/mol. The highest BCUT2D eigenvalue weighted by Crippen LogP contribution is 2.29. The van der Waals surface area contributed by atoms with E-state index in [0.717, 1.165) is 25.7 Å². The molecule has 0 aliphatic rings. The van der Waals surface area contributed by atoms with E-state index < -0.39 is 0 Å². The largest absolute Gasteiger partial charge is 0.373 e. The molecule has 0 aliphatic carbocycles. The second-order valence-electron chi connectivity index (χ2n) is 7.83. The van der Waals surface area contributed by atoms with Gasteiger partial charge in [-0.3, -0.25) is 4.79 Å². The van der Waals surface area contributed by atoms with Crippen LogP contribution in [0.5, 0.6) is 0 Å². The van der Waals surface area contributed by atoms with Crippen molar-refractivity contribution < 1.29 is 24.0 Å². The van der Waals surface area contributed by atoms with Gasteiger partial charge in [0.15, 0.2) is 0 Å². The van der Waals surface area contributed by atoms with Gasteiger partial charge in [-0.15, -0.1) is 0 Å². The van der Waals surface area contributed by atoms with Crippen molar-refractivity contribution in [1.82, 2.24) is 5.32 Å². The van der Waals surface area contributed by atoms with Gasteiger partial charge in [-0.2, -0.15) is 19.2 Å². The summed E-state index contributed by atoms with van der Waals surface area (Å²) in [5.74, 6) is 0.0659. The first kappa shape index (κ1) is 31.0. The summed E-state index contributed by atoms with van der Waals surface area (Å²) >= 11 is 1.81. The first-order chi connectivity index (χ1) is 16.3. The van der Waals surface area contributed by atoms with Crippen LogP contribution in [-0.2, 0) is 36.8 Å². The number of hydrogen-bond donors (Lipinski definition) is 1. The van der Waals surface area contributed by atoms with Crippen LogP contribution in [0.15, 0.2) is 58.3 Å². The summed E-state index contributed by atoms with van der Waals surface area (Å²) in [4.78, 5) is 46.6. The predicted octanol–water partition coefficient (Wildman–Crippen LogP) is 5.64. The van der Waals surface area contributed by atoms with Crippen molar-refractivity contribution in [2.45, 2.75) is 88.0 Å². The van der Waals surface area contributed by atoms with Crippen molar-refractivity contribution in [2.24, 2.45) is 0 Å². The first-order valence-electron chi connectivity index (χ1n) is 11.5. The Bertz CT molecular complexity index is 882. The number of aryl methyl sites for hydroxylation is 2. The Labute approximate surface area is 206 Å². The molecule has 7 heteroatoms. The molecule has 2 aromatic carbocycles. The normalized spacial score (nSPS) is 9.88. The SMILES string of the molecule is CCCCc1ccc(Sc2ccc(CCC(CC)(CC)NC(C)=O)cc2)cc1.O=C=O.O=C=O. The molecule has 0 atom stereocenters. The molecule has 2 rings (SSSR count). The number of amides is 1. The Morgan fingerprint density at radius 3 is 1.56 bits per heavy atom. The number of benzene rings is 2. The van der Waals surface area contributed by atoms with Gasteiger partial charge in [0.2, 0.25) is 5.91 Å². The van der Waals surface area contributed by atoms with Gasteiger partial charge >= 0.3 is 12.3 Å². The maximum Gasteiger partial charge on any atom is 0.373 e. The molecule has 0 fully saturated rings. The minimum Gasteiger partial charge on any atom is -0.351 e. The minimum atomic E-state index is -0.0845. The third-order valence-corrected chi connectivity index (χ3v) is 6.60. The van der Waals surface area contributed by atoms with Crippen molar-refractivity contribution in [1.29, 1.82) is 0 Å². The molecule has 0 aliphatic heterocycles. The summed E-state index contributed by atoms with van der Waals surface area (Å²) in [5.41, 5.74) is 2.67. The monoisotopic (exact) mass is 485 g/mol. The van der Waals surface area contributed by atoms with Gasteiger partial charge < -0.3 is 5.32 Å². The Morgan fingerprint density at radius 1 is 0.794 bits per heavy atom. The average Bonchev–Trinajstić information content (AvgIpc) is 2.83. The molecule has 0 saturated carbocycles. The lowest BCUT2D eigenvalue weighted by atomic mass is 9.86. The first-order valence-corrected chi connectivity index (χ1v) is 12.3. The van der Waals surface area contributed by atoms with E-state index in [2.05, 4.69) is 74.6 Å². The lowest BCUT2D eigenvalue weighted by Crippen LogP contribution is -2.47. The number of carbonyl (C=O) groups is 1. The molecule has 0 bridgehead atoms. The smallest absolute Gasteiger partial charge is 0.351 e. The van der Waals surface area contributed by atoms with Crippen LogP contribution in [0, 0.1) is 0 Å². The molecular weight excluding hydrogens is 450 g/mol. The zero-order chi connectivity index (χ0) is 25.8. The van der Waals surface area contributed by atoms with E-state index >= 15 is 0 Å². The topological polar surface area (TPSA) is 97.4 Å². The number of rotatable bonds is 11. The standard InChI is InChI=1S/C25H35NOS.2CO2/c1-5-8-9-21-10-14-23(15-11-21)28-24-16-12-22(13-17-24)18-19-25(6-2,7-3)26-20(4)27;2*2-1-3/h10-17H,5-9,18-19H2,1-4H3,(H,26,27);;. The van der Waals surface area contributed by atoms with E-state index in [-0.39, 0.29) is 23.7 Å². The summed E-state index contributed by atoms with van der Waals surface area (Å²) in [6.07, 6.45) is 8.06. The maximum absolute atomic E-state index is 11.6. The number of hydrogen-bond acceptors (Lipinski definition) is 6. The van der Waals surface area contributed by atoms with Crippen LogP contribution in [0.25, 0.3) is 0 Å². The van der Waals surface area contributed by atoms with Crippen LogP contribution in [0.1, 0.15) is 70.9 Å². The van der Waals surface area contributed by atoms with Crippen LogP contribution in [0.4, 0.5) is 0 Å². The Morgan fingerprint density at radius 2 is 1.21 bits per heavy atom. The fraction of sp³-hybridized carbons (Fsp3) is 0.444.